The Morgan fingerprint density at radius 2 is 1.75 bits per heavy atom. The van der Waals surface area contributed by atoms with Crippen molar-refractivity contribution in [3.63, 3.8) is 0 Å². The highest BCUT2D eigenvalue weighted by atomic mass is 16.5. The molecule has 1 unspecified atom stereocenters. The van der Waals surface area contributed by atoms with Crippen LogP contribution >= 0.6 is 0 Å². The van der Waals surface area contributed by atoms with Gasteiger partial charge in [0.05, 0.1) is 5.52 Å². The average molecular weight is 381 g/mol. The molecule has 1 aromatic heterocycles. The van der Waals surface area contributed by atoms with Gasteiger partial charge in [0.2, 0.25) is 0 Å². The largest absolute Gasteiger partial charge is 0.481 e. The lowest BCUT2D eigenvalue weighted by Gasteiger charge is -2.16. The molecule has 2 N–H and O–H groups in total. The third kappa shape index (κ3) is 4.01. The van der Waals surface area contributed by atoms with Gasteiger partial charge in [0.25, 0.3) is 0 Å². The van der Waals surface area contributed by atoms with Crippen LogP contribution in [0.1, 0.15) is 29.7 Å². The minimum Gasteiger partial charge on any atom is -0.481 e. The van der Waals surface area contributed by atoms with Crippen molar-refractivity contribution in [2.24, 2.45) is 0 Å². The second kappa shape index (κ2) is 8.17. The summed E-state index contributed by atoms with van der Waals surface area (Å²) < 4.78 is 7.94. The predicted molar refractivity (Wildman–Crippen MR) is 106 cm³/mol. The van der Waals surface area contributed by atoms with Gasteiger partial charge in [-0.05, 0) is 37.1 Å². The Balaban J connectivity index is 1.99. The Labute approximate surface area is 163 Å². The molecule has 2 aromatic carbocycles. The number of carboxylic acids is 2. The number of aliphatic carboxylic acids is 2. The monoisotopic (exact) mass is 381 g/mol. The van der Waals surface area contributed by atoms with Crippen molar-refractivity contribution in [1.82, 2.24) is 4.57 Å². The van der Waals surface area contributed by atoms with E-state index >= 15 is 0 Å². The number of nitrogens with zero attached hydrogens (tertiary/aromatic N) is 1. The van der Waals surface area contributed by atoms with Crippen molar-refractivity contribution < 1.29 is 24.5 Å². The van der Waals surface area contributed by atoms with Crippen molar-refractivity contribution >= 4 is 22.8 Å². The number of hydrogen-bond donors (Lipinski definition) is 2. The highest BCUT2D eigenvalue weighted by Crippen LogP contribution is 2.34. The van der Waals surface area contributed by atoms with Gasteiger partial charge in [0.15, 0.2) is 6.10 Å². The summed E-state index contributed by atoms with van der Waals surface area (Å²) in [5, 5.41) is 19.1. The average Bonchev–Trinajstić information content (AvgIpc) is 2.91. The van der Waals surface area contributed by atoms with E-state index in [1.165, 1.54) is 5.56 Å². The smallest absolute Gasteiger partial charge is 0.344 e. The Morgan fingerprint density at radius 1 is 1.04 bits per heavy atom. The minimum absolute atomic E-state index is 0.0934. The third-order valence-corrected chi connectivity index (χ3v) is 4.97. The molecule has 0 fully saturated rings. The van der Waals surface area contributed by atoms with Crippen molar-refractivity contribution in [3.8, 4) is 5.75 Å². The fraction of sp³-hybridized carbons (Fsp3) is 0.273. The van der Waals surface area contributed by atoms with Crippen LogP contribution in [-0.4, -0.2) is 32.8 Å². The first-order valence-corrected chi connectivity index (χ1v) is 9.12. The quantitative estimate of drug-likeness (QED) is 0.616. The lowest BCUT2D eigenvalue weighted by Crippen LogP contribution is -2.27. The van der Waals surface area contributed by atoms with Crippen molar-refractivity contribution in [2.45, 2.75) is 39.3 Å². The summed E-state index contributed by atoms with van der Waals surface area (Å²) in [5.41, 5.74) is 4.22. The number of fused-ring (bicyclic) bond motifs is 1. The molecule has 0 aliphatic heterocycles. The normalized spacial score (nSPS) is 12.1. The summed E-state index contributed by atoms with van der Waals surface area (Å²) in [4.78, 5) is 22.3. The molecule has 28 heavy (non-hydrogen) atoms. The van der Waals surface area contributed by atoms with Crippen LogP contribution in [0.5, 0.6) is 5.75 Å². The van der Waals surface area contributed by atoms with Gasteiger partial charge in [0.1, 0.15) is 5.75 Å². The van der Waals surface area contributed by atoms with Gasteiger partial charge < -0.3 is 19.5 Å². The third-order valence-electron chi connectivity index (χ3n) is 4.97. The zero-order valence-electron chi connectivity index (χ0n) is 15.9. The second-order valence-electron chi connectivity index (χ2n) is 6.81. The molecule has 0 bridgehead atoms. The molecule has 146 valence electrons. The SMILES string of the molecule is Cc1c(C)n(Cc2ccccc2)c2cccc(OC(CCC(=O)O)C(=O)O)c12. The molecule has 0 spiro atoms. The standard InChI is InChI=1S/C22H23NO5/c1-14-15(2)23(13-16-7-4-3-5-8-16)17-9-6-10-18(21(14)17)28-19(22(26)27)11-12-20(24)25/h3-10,19H,11-13H2,1-2H3,(H,24,25)(H,26,27). The molecule has 0 aliphatic rings. The maximum absolute atomic E-state index is 11.5. The number of rotatable bonds is 8. The van der Waals surface area contributed by atoms with Gasteiger partial charge >= 0.3 is 11.9 Å². The summed E-state index contributed by atoms with van der Waals surface area (Å²) in [6.07, 6.45) is -1.57. The number of benzene rings is 2. The molecule has 3 rings (SSSR count). The number of carboxylic acid groups (broad SMARTS) is 2. The van der Waals surface area contributed by atoms with Crippen molar-refractivity contribution in [3.05, 3.63) is 65.4 Å². The van der Waals surface area contributed by atoms with Gasteiger partial charge in [0, 0.05) is 30.5 Å². The molecular formula is C22H23NO5. The molecule has 3 aromatic rings. The summed E-state index contributed by atoms with van der Waals surface area (Å²) in [7, 11) is 0. The van der Waals surface area contributed by atoms with Gasteiger partial charge in [-0.25, -0.2) is 4.79 Å². The van der Waals surface area contributed by atoms with Crippen LogP contribution in [0.4, 0.5) is 0 Å². The topological polar surface area (TPSA) is 88.8 Å². The van der Waals surface area contributed by atoms with Gasteiger partial charge in [-0.3, -0.25) is 4.79 Å². The van der Waals surface area contributed by atoms with Crippen LogP contribution in [-0.2, 0) is 16.1 Å². The van der Waals surface area contributed by atoms with Gasteiger partial charge in [-0.1, -0.05) is 36.4 Å². The van der Waals surface area contributed by atoms with E-state index in [0.29, 0.717) is 12.3 Å². The van der Waals surface area contributed by atoms with Crippen LogP contribution in [0.15, 0.2) is 48.5 Å². The Kier molecular flexibility index (Phi) is 5.68. The van der Waals surface area contributed by atoms with E-state index in [-0.39, 0.29) is 12.8 Å². The van der Waals surface area contributed by atoms with Gasteiger partial charge in [-0.2, -0.15) is 0 Å². The Bertz CT molecular complexity index is 1010. The molecule has 0 amide bonds. The first kappa shape index (κ1) is 19.5. The van der Waals surface area contributed by atoms with Crippen molar-refractivity contribution in [1.29, 1.82) is 0 Å². The maximum Gasteiger partial charge on any atom is 0.344 e. The molecule has 1 heterocycles. The van der Waals surface area contributed by atoms with Crippen LogP contribution < -0.4 is 4.74 Å². The lowest BCUT2D eigenvalue weighted by atomic mass is 10.1. The van der Waals surface area contributed by atoms with E-state index < -0.39 is 18.0 Å². The number of carbonyl (C=O) groups is 2. The molecule has 0 aliphatic carbocycles. The summed E-state index contributed by atoms with van der Waals surface area (Å²) >= 11 is 0. The fourth-order valence-corrected chi connectivity index (χ4v) is 3.39. The molecular weight excluding hydrogens is 358 g/mol. The molecule has 6 nitrogen and oxygen atoms in total. The van der Waals surface area contributed by atoms with Crippen molar-refractivity contribution in [2.75, 3.05) is 0 Å². The summed E-state index contributed by atoms with van der Waals surface area (Å²) in [5.74, 6) is -1.76. The lowest BCUT2D eigenvalue weighted by molar-refractivity contribution is -0.146. The van der Waals surface area contributed by atoms with Crippen LogP contribution in [0.2, 0.25) is 0 Å². The first-order valence-electron chi connectivity index (χ1n) is 9.12. The predicted octanol–water partition coefficient (Wildman–Crippen LogP) is 4.00. The molecule has 1 atom stereocenters. The van der Waals surface area contributed by atoms with E-state index in [4.69, 9.17) is 9.84 Å². The molecule has 6 heteroatoms. The zero-order chi connectivity index (χ0) is 20.3. The van der Waals surface area contributed by atoms with Crippen LogP contribution in [0.25, 0.3) is 10.9 Å². The maximum atomic E-state index is 11.5. The fourth-order valence-electron chi connectivity index (χ4n) is 3.39. The highest BCUT2D eigenvalue weighted by Gasteiger charge is 2.23. The Morgan fingerprint density at radius 3 is 2.39 bits per heavy atom. The van der Waals surface area contributed by atoms with E-state index in [1.807, 2.05) is 44.2 Å². The molecule has 0 saturated carbocycles. The summed E-state index contributed by atoms with van der Waals surface area (Å²) in [6.45, 7) is 4.71. The number of ether oxygens (including phenoxy) is 1. The zero-order valence-corrected chi connectivity index (χ0v) is 15.9. The second-order valence-corrected chi connectivity index (χ2v) is 6.81. The first-order chi connectivity index (χ1) is 13.4. The molecule has 0 radical (unpaired) electrons. The van der Waals surface area contributed by atoms with Gasteiger partial charge in [-0.15, -0.1) is 0 Å². The Hall–Kier alpha value is -3.28. The number of hydrogen-bond acceptors (Lipinski definition) is 3. The minimum atomic E-state index is -1.21. The summed E-state index contributed by atoms with van der Waals surface area (Å²) in [6, 6.07) is 15.6. The number of aromatic nitrogens is 1. The van der Waals surface area contributed by atoms with E-state index in [9.17, 15) is 14.7 Å². The van der Waals surface area contributed by atoms with Crippen LogP contribution in [0.3, 0.4) is 0 Å². The number of aryl methyl sites for hydroxylation is 1. The van der Waals surface area contributed by atoms with E-state index in [0.717, 1.165) is 22.2 Å². The van der Waals surface area contributed by atoms with Crippen LogP contribution in [0, 0.1) is 13.8 Å². The molecule has 0 saturated heterocycles. The highest BCUT2D eigenvalue weighted by molar-refractivity contribution is 5.91. The van der Waals surface area contributed by atoms with E-state index in [2.05, 4.69) is 16.7 Å². The van der Waals surface area contributed by atoms with E-state index in [1.54, 1.807) is 6.07 Å².